The van der Waals surface area contributed by atoms with Gasteiger partial charge in [0.25, 0.3) is 0 Å². The molecule has 0 aliphatic carbocycles. The van der Waals surface area contributed by atoms with Crippen LogP contribution in [0.3, 0.4) is 0 Å². The molecule has 14 aromatic carbocycles. The van der Waals surface area contributed by atoms with Gasteiger partial charge in [-0.2, -0.15) is 0 Å². The summed E-state index contributed by atoms with van der Waals surface area (Å²) >= 11 is 7.35. The molecule has 0 unspecified atom stereocenters. The van der Waals surface area contributed by atoms with Crippen molar-refractivity contribution in [3.05, 3.63) is 255 Å². The minimum Gasteiger partial charge on any atom is -0.276 e. The summed E-state index contributed by atoms with van der Waals surface area (Å²) < 4.78 is 9.85. The van der Waals surface area contributed by atoms with E-state index in [2.05, 4.69) is 264 Å². The number of fused-ring (bicyclic) bond motifs is 28. The monoisotopic (exact) mass is 1210 g/mol. The second-order valence-corrected chi connectivity index (χ2v) is 27.7. The van der Waals surface area contributed by atoms with Gasteiger partial charge in [-0.15, -0.1) is 22.7 Å². The van der Waals surface area contributed by atoms with Crippen LogP contribution >= 0.6 is 46.2 Å². The lowest BCUT2D eigenvalue weighted by molar-refractivity contribution is 1.01. The van der Waals surface area contributed by atoms with Crippen molar-refractivity contribution in [2.24, 2.45) is 0 Å². The first-order chi connectivity index (χ1) is 44.7. The molecule has 6 aromatic heterocycles. The quantitative estimate of drug-likeness (QED) is 0.172. The molecule has 2 aliphatic rings. The maximum atomic E-state index is 5.51. The average Bonchev–Trinajstić information content (AvgIpc) is 1.59. The van der Waals surface area contributed by atoms with E-state index in [1.54, 1.807) is 23.5 Å². The number of thiophene rings is 2. The summed E-state index contributed by atoms with van der Waals surface area (Å²) in [4.78, 5) is 26.6. The first-order valence-corrected chi connectivity index (χ1v) is 33.5. The van der Waals surface area contributed by atoms with Crippen LogP contribution in [0.5, 0.6) is 0 Å². The highest BCUT2D eigenvalue weighted by atomic mass is 32.2. The van der Waals surface area contributed by atoms with Crippen molar-refractivity contribution in [2.75, 3.05) is 0 Å². The maximum absolute atomic E-state index is 5.51. The van der Waals surface area contributed by atoms with E-state index in [1.165, 1.54) is 141 Å². The molecule has 10 heteroatoms. The van der Waals surface area contributed by atoms with Gasteiger partial charge in [0.05, 0.1) is 53.9 Å². The van der Waals surface area contributed by atoms with E-state index >= 15 is 0 Å². The Morgan fingerprint density at radius 3 is 1.28 bits per heavy atom. The van der Waals surface area contributed by atoms with Gasteiger partial charge < -0.3 is 0 Å². The fourth-order valence-corrected chi connectivity index (χ4v) is 19.8. The Labute approximate surface area is 528 Å². The van der Waals surface area contributed by atoms with E-state index in [4.69, 9.17) is 19.9 Å². The second-order valence-electron chi connectivity index (χ2n) is 23.4. The number of rotatable bonds is 2. The van der Waals surface area contributed by atoms with Crippen molar-refractivity contribution in [3.63, 3.8) is 0 Å². The van der Waals surface area contributed by atoms with Crippen molar-refractivity contribution in [2.45, 2.75) is 19.6 Å². The molecule has 2 aliphatic heterocycles. The van der Waals surface area contributed by atoms with E-state index < -0.39 is 0 Å². The van der Waals surface area contributed by atoms with Crippen LogP contribution in [-0.2, 0) is 0 Å². The predicted molar refractivity (Wildman–Crippen MR) is 383 cm³/mol. The van der Waals surface area contributed by atoms with Crippen LogP contribution < -0.4 is 0 Å². The van der Waals surface area contributed by atoms with Gasteiger partial charge in [-0.1, -0.05) is 224 Å². The zero-order valence-electron chi connectivity index (χ0n) is 47.6. The number of hydrogen-bond acceptors (Lipinski definition) is 8. The maximum Gasteiger partial charge on any atom is 0.235 e. The van der Waals surface area contributed by atoms with Crippen molar-refractivity contribution in [1.29, 1.82) is 0 Å². The topological polar surface area (TPSA) is 61.4 Å². The fraction of sp³-hybridized carbons (Fsp3) is 0. The third-order valence-electron chi connectivity index (χ3n) is 18.7. The molecule has 22 rings (SSSR count). The molecule has 0 atom stereocenters. The Balaban J connectivity index is 0.000000122. The summed E-state index contributed by atoms with van der Waals surface area (Å²) in [5.74, 6) is 1.42. The van der Waals surface area contributed by atoms with E-state index in [9.17, 15) is 0 Å². The molecule has 0 saturated heterocycles. The molecule has 0 amide bonds. The third kappa shape index (κ3) is 6.74. The molecule has 0 spiro atoms. The molecule has 0 radical (unpaired) electrons. The molecule has 416 valence electrons. The summed E-state index contributed by atoms with van der Waals surface area (Å²) in [5, 5.41) is 22.4. The number of benzene rings is 14. The Morgan fingerprint density at radius 2 is 0.689 bits per heavy atom. The highest BCUT2D eigenvalue weighted by Crippen LogP contribution is 2.54. The largest absolute Gasteiger partial charge is 0.276 e. The molecule has 0 N–H and O–H groups in total. The predicted octanol–water partition coefficient (Wildman–Crippen LogP) is 23.1. The van der Waals surface area contributed by atoms with Crippen molar-refractivity contribution in [1.82, 2.24) is 29.1 Å². The van der Waals surface area contributed by atoms with Gasteiger partial charge in [-0.25, -0.2) is 19.9 Å². The standard InChI is InChI=1S/2C40H21N3S2/c1-2-11-23-22(10-1)20-21-28-33-24-12-3-4-13-25(24)34-26-14-5-7-17-30(26)45-39(34)38(33)43(37(23)28)40-41-29-16-9-19-32-35(29)36(42-40)27-15-6-8-18-31(27)44-32;1-2-11-23-22(10-1)20-21-29-34(23)35-25-13-4-3-12-24(25)33-26-14-5-7-17-30(26)45-39(33)38(35)43(29)40-41-28-16-9-19-32-36(28)37(42-40)27-15-6-8-18-31(27)44-32/h2*1-21H. The summed E-state index contributed by atoms with van der Waals surface area (Å²) in [7, 11) is 0. The summed E-state index contributed by atoms with van der Waals surface area (Å²) in [6, 6.07) is 92.1. The van der Waals surface area contributed by atoms with Gasteiger partial charge in [0, 0.05) is 99.4 Å². The Morgan fingerprint density at radius 1 is 0.256 bits per heavy atom. The Bertz CT molecular complexity index is 6550. The minimum absolute atomic E-state index is 0.709. The zero-order chi connectivity index (χ0) is 58.4. The van der Waals surface area contributed by atoms with Gasteiger partial charge in [0.15, 0.2) is 0 Å². The first kappa shape index (κ1) is 49.5. The van der Waals surface area contributed by atoms with Crippen LogP contribution in [0.25, 0.3) is 183 Å². The SMILES string of the molecule is c1ccc2c(c1)Sc1cccc3nc(-n4c5c6ccccc6ccc5c5c6ccccc6c6c7ccccc7sc6c54)nc-2c13.c1ccc2c(c1)Sc1cccc3nc(-n4c5ccc6ccccc6c5c5c6ccccc6c6c7ccccc7sc6c54)nc-2c13. The lowest BCUT2D eigenvalue weighted by Crippen LogP contribution is -2.06. The molecule has 8 heterocycles. The van der Waals surface area contributed by atoms with Crippen molar-refractivity contribution < 1.29 is 0 Å². The van der Waals surface area contributed by atoms with Crippen LogP contribution in [0.1, 0.15) is 0 Å². The fourth-order valence-electron chi connectivity index (χ4n) is 15.1. The summed E-state index contributed by atoms with van der Waals surface area (Å²) in [6.45, 7) is 0. The highest BCUT2D eigenvalue weighted by Gasteiger charge is 2.30. The number of nitrogens with zero attached hydrogens (tertiary/aromatic N) is 6. The van der Waals surface area contributed by atoms with Gasteiger partial charge in [-0.05, 0) is 92.3 Å². The molecular weight excluding hydrogens is 1170 g/mol. The first-order valence-electron chi connectivity index (χ1n) is 30.2. The molecule has 0 fully saturated rings. The normalized spacial score (nSPS) is 12.8. The zero-order valence-corrected chi connectivity index (χ0v) is 50.8. The molecular formula is C80H42N6S4. The van der Waals surface area contributed by atoms with Crippen LogP contribution in [0.4, 0.5) is 0 Å². The summed E-state index contributed by atoms with van der Waals surface area (Å²) in [6.07, 6.45) is 0. The highest BCUT2D eigenvalue weighted by molar-refractivity contribution is 8.00. The lowest BCUT2D eigenvalue weighted by atomic mass is 9.97. The van der Waals surface area contributed by atoms with E-state index in [0.717, 1.165) is 49.8 Å². The van der Waals surface area contributed by atoms with Crippen LogP contribution in [0, 0.1) is 0 Å². The van der Waals surface area contributed by atoms with Gasteiger partial charge in [-0.3, -0.25) is 9.13 Å². The van der Waals surface area contributed by atoms with Gasteiger partial charge in [0.2, 0.25) is 11.9 Å². The number of hydrogen-bond donors (Lipinski definition) is 0. The van der Waals surface area contributed by atoms with Crippen molar-refractivity contribution in [3.8, 4) is 34.4 Å². The van der Waals surface area contributed by atoms with E-state index in [0.29, 0.717) is 11.9 Å². The molecule has 20 aromatic rings. The molecule has 90 heavy (non-hydrogen) atoms. The van der Waals surface area contributed by atoms with Crippen LogP contribution in [0.15, 0.2) is 274 Å². The van der Waals surface area contributed by atoms with Crippen molar-refractivity contribution >= 4 is 195 Å². The Kier molecular flexibility index (Phi) is 10.2. The van der Waals surface area contributed by atoms with E-state index in [-0.39, 0.29) is 0 Å². The average molecular weight is 1220 g/mol. The van der Waals surface area contributed by atoms with E-state index in [1.807, 2.05) is 22.7 Å². The minimum atomic E-state index is 0.709. The number of aromatic nitrogens is 6. The summed E-state index contributed by atoms with van der Waals surface area (Å²) in [5.41, 5.74) is 10.9. The molecule has 0 saturated carbocycles. The lowest BCUT2D eigenvalue weighted by Gasteiger charge is -2.20. The van der Waals surface area contributed by atoms with Crippen LogP contribution in [-0.4, -0.2) is 29.1 Å². The van der Waals surface area contributed by atoms with Crippen LogP contribution in [0.2, 0.25) is 0 Å². The Hall–Kier alpha value is -10.5. The van der Waals surface area contributed by atoms with Gasteiger partial charge in [0.1, 0.15) is 0 Å². The van der Waals surface area contributed by atoms with Gasteiger partial charge >= 0.3 is 0 Å². The molecule has 0 bridgehead atoms. The smallest absolute Gasteiger partial charge is 0.235 e. The molecule has 6 nitrogen and oxygen atoms in total. The third-order valence-corrected chi connectivity index (χ3v) is 23.4. The second kappa shape index (κ2) is 18.6.